The maximum Gasteiger partial charge on any atom is 0.159 e. The number of benzene rings is 1. The van der Waals surface area contributed by atoms with Gasteiger partial charge in [-0.05, 0) is 30.5 Å². The highest BCUT2D eigenvalue weighted by Gasteiger charge is 2.13. The fourth-order valence-electron chi connectivity index (χ4n) is 2.14. The van der Waals surface area contributed by atoms with E-state index in [-0.39, 0.29) is 0 Å². The predicted molar refractivity (Wildman–Crippen MR) is 70.9 cm³/mol. The Morgan fingerprint density at radius 2 is 1.89 bits per heavy atom. The van der Waals surface area contributed by atoms with Crippen LogP contribution in [0.25, 0.3) is 0 Å². The second-order valence-electron chi connectivity index (χ2n) is 4.42. The topological polar surface area (TPSA) is 43.8 Å². The summed E-state index contributed by atoms with van der Waals surface area (Å²) in [5, 5.41) is 4.42. The highest BCUT2D eigenvalue weighted by Crippen LogP contribution is 2.20. The molecule has 0 atom stereocenters. The van der Waals surface area contributed by atoms with E-state index in [0.29, 0.717) is 17.8 Å². The first kappa shape index (κ1) is 13.5. The van der Waals surface area contributed by atoms with Crippen LogP contribution in [-0.4, -0.2) is 9.78 Å². The third-order valence-corrected chi connectivity index (χ3v) is 3.16. The molecule has 3 nitrogen and oxygen atoms in total. The largest absolute Gasteiger partial charge is 0.396 e. The standard InChI is InChI=1S/C14H17F2N3/c1-3-12-14(17)13(4-2)19(18-12)8-9-5-6-10(15)11(16)7-9/h5-7H,3-4,8,17H2,1-2H3. The van der Waals surface area contributed by atoms with Crippen molar-refractivity contribution >= 4 is 5.69 Å². The van der Waals surface area contributed by atoms with E-state index in [0.717, 1.165) is 30.3 Å². The first-order chi connectivity index (χ1) is 9.06. The zero-order valence-corrected chi connectivity index (χ0v) is 11.1. The maximum atomic E-state index is 13.2. The van der Waals surface area contributed by atoms with Gasteiger partial charge in [-0.15, -0.1) is 0 Å². The molecule has 19 heavy (non-hydrogen) atoms. The lowest BCUT2D eigenvalue weighted by Crippen LogP contribution is -2.07. The van der Waals surface area contributed by atoms with E-state index in [2.05, 4.69) is 5.10 Å². The predicted octanol–water partition coefficient (Wildman–Crippen LogP) is 2.92. The SMILES string of the molecule is CCc1nn(Cc2ccc(F)c(F)c2)c(CC)c1N. The summed E-state index contributed by atoms with van der Waals surface area (Å²) in [6, 6.07) is 3.88. The first-order valence-corrected chi connectivity index (χ1v) is 6.34. The van der Waals surface area contributed by atoms with Gasteiger partial charge < -0.3 is 5.73 Å². The lowest BCUT2D eigenvalue weighted by atomic mass is 10.2. The number of rotatable bonds is 4. The summed E-state index contributed by atoms with van der Waals surface area (Å²) < 4.78 is 27.8. The normalized spacial score (nSPS) is 10.9. The number of nitrogens with zero attached hydrogens (tertiary/aromatic N) is 2. The lowest BCUT2D eigenvalue weighted by molar-refractivity contribution is 0.505. The van der Waals surface area contributed by atoms with Crippen molar-refractivity contribution in [3.63, 3.8) is 0 Å². The number of aromatic nitrogens is 2. The van der Waals surface area contributed by atoms with E-state index in [9.17, 15) is 8.78 Å². The van der Waals surface area contributed by atoms with Gasteiger partial charge in [-0.25, -0.2) is 8.78 Å². The summed E-state index contributed by atoms with van der Waals surface area (Å²) >= 11 is 0. The highest BCUT2D eigenvalue weighted by atomic mass is 19.2. The summed E-state index contributed by atoms with van der Waals surface area (Å²) in [6.07, 6.45) is 1.51. The molecule has 1 aromatic heterocycles. The average molecular weight is 265 g/mol. The number of halogens is 2. The minimum atomic E-state index is -0.841. The van der Waals surface area contributed by atoms with Crippen molar-refractivity contribution in [1.82, 2.24) is 9.78 Å². The molecular weight excluding hydrogens is 248 g/mol. The van der Waals surface area contributed by atoms with Crippen LogP contribution >= 0.6 is 0 Å². The minimum Gasteiger partial charge on any atom is -0.396 e. The van der Waals surface area contributed by atoms with E-state index in [1.807, 2.05) is 13.8 Å². The van der Waals surface area contributed by atoms with E-state index < -0.39 is 11.6 Å². The van der Waals surface area contributed by atoms with Crippen LogP contribution in [-0.2, 0) is 19.4 Å². The fourth-order valence-corrected chi connectivity index (χ4v) is 2.14. The van der Waals surface area contributed by atoms with Gasteiger partial charge in [-0.3, -0.25) is 4.68 Å². The molecule has 0 aliphatic carbocycles. The van der Waals surface area contributed by atoms with Gasteiger partial charge >= 0.3 is 0 Å². The number of aryl methyl sites for hydroxylation is 1. The van der Waals surface area contributed by atoms with Crippen molar-refractivity contribution in [1.29, 1.82) is 0 Å². The van der Waals surface area contributed by atoms with Gasteiger partial charge in [0.1, 0.15) is 0 Å². The molecule has 0 unspecified atom stereocenters. The second-order valence-corrected chi connectivity index (χ2v) is 4.42. The van der Waals surface area contributed by atoms with E-state index in [4.69, 9.17) is 5.73 Å². The third-order valence-electron chi connectivity index (χ3n) is 3.16. The Labute approximate surface area is 111 Å². The monoisotopic (exact) mass is 265 g/mol. The van der Waals surface area contributed by atoms with Crippen LogP contribution in [0.15, 0.2) is 18.2 Å². The Bertz CT molecular complexity index is 591. The summed E-state index contributed by atoms with van der Waals surface area (Å²) in [5.74, 6) is -1.68. The molecule has 0 aliphatic heterocycles. The van der Waals surface area contributed by atoms with Crippen LogP contribution in [0.5, 0.6) is 0 Å². The average Bonchev–Trinajstić information content (AvgIpc) is 2.69. The molecule has 2 rings (SSSR count). The third kappa shape index (κ3) is 2.59. The molecule has 0 bridgehead atoms. The molecule has 2 N–H and O–H groups in total. The molecule has 0 aliphatic rings. The number of hydrogen-bond acceptors (Lipinski definition) is 2. The maximum absolute atomic E-state index is 13.2. The van der Waals surface area contributed by atoms with Crippen LogP contribution in [0.3, 0.4) is 0 Å². The second kappa shape index (κ2) is 5.38. The fraction of sp³-hybridized carbons (Fsp3) is 0.357. The number of hydrogen-bond donors (Lipinski definition) is 1. The van der Waals surface area contributed by atoms with Crippen LogP contribution in [0, 0.1) is 11.6 Å². The highest BCUT2D eigenvalue weighted by molar-refractivity contribution is 5.48. The lowest BCUT2D eigenvalue weighted by Gasteiger charge is -2.07. The Morgan fingerprint density at radius 3 is 2.47 bits per heavy atom. The molecule has 0 spiro atoms. The van der Waals surface area contributed by atoms with Crippen molar-refractivity contribution in [2.24, 2.45) is 0 Å². The van der Waals surface area contributed by atoms with Gasteiger partial charge in [0.15, 0.2) is 11.6 Å². The van der Waals surface area contributed by atoms with Gasteiger partial charge in [0.25, 0.3) is 0 Å². The number of nitrogen functional groups attached to an aromatic ring is 1. The van der Waals surface area contributed by atoms with E-state index >= 15 is 0 Å². The summed E-state index contributed by atoms with van der Waals surface area (Å²) in [4.78, 5) is 0. The van der Waals surface area contributed by atoms with Crippen LogP contribution in [0.2, 0.25) is 0 Å². The van der Waals surface area contributed by atoms with Gasteiger partial charge in [-0.2, -0.15) is 5.10 Å². The quantitative estimate of drug-likeness (QED) is 0.923. The van der Waals surface area contributed by atoms with Crippen molar-refractivity contribution in [2.75, 3.05) is 5.73 Å². The van der Waals surface area contributed by atoms with Crippen molar-refractivity contribution in [3.8, 4) is 0 Å². The molecule has 0 saturated carbocycles. The minimum absolute atomic E-state index is 0.393. The van der Waals surface area contributed by atoms with Gasteiger partial charge in [-0.1, -0.05) is 19.9 Å². The Balaban J connectivity index is 2.34. The number of anilines is 1. The van der Waals surface area contributed by atoms with E-state index in [1.165, 1.54) is 6.07 Å². The molecule has 1 heterocycles. The summed E-state index contributed by atoms with van der Waals surface area (Å²) in [5.41, 5.74) is 9.16. The molecule has 0 amide bonds. The van der Waals surface area contributed by atoms with Crippen LogP contribution < -0.4 is 5.73 Å². The van der Waals surface area contributed by atoms with Crippen molar-refractivity contribution < 1.29 is 8.78 Å². The number of nitrogens with two attached hydrogens (primary N) is 1. The van der Waals surface area contributed by atoms with Gasteiger partial charge in [0.2, 0.25) is 0 Å². The van der Waals surface area contributed by atoms with Gasteiger partial charge in [0, 0.05) is 0 Å². The smallest absolute Gasteiger partial charge is 0.159 e. The molecular formula is C14H17F2N3. The Kier molecular flexibility index (Phi) is 3.83. The molecule has 5 heteroatoms. The van der Waals surface area contributed by atoms with E-state index in [1.54, 1.807) is 10.7 Å². The van der Waals surface area contributed by atoms with Crippen LogP contribution in [0.1, 0.15) is 30.8 Å². The molecule has 1 aromatic carbocycles. The summed E-state index contributed by atoms with van der Waals surface area (Å²) in [7, 11) is 0. The molecule has 102 valence electrons. The molecule has 0 saturated heterocycles. The zero-order valence-electron chi connectivity index (χ0n) is 11.1. The molecule has 0 fully saturated rings. The van der Waals surface area contributed by atoms with Crippen LogP contribution in [0.4, 0.5) is 14.5 Å². The Morgan fingerprint density at radius 1 is 1.16 bits per heavy atom. The molecule has 0 radical (unpaired) electrons. The zero-order chi connectivity index (χ0) is 14.0. The van der Waals surface area contributed by atoms with Gasteiger partial charge in [0.05, 0.1) is 23.6 Å². The van der Waals surface area contributed by atoms with Crippen molar-refractivity contribution in [2.45, 2.75) is 33.2 Å². The first-order valence-electron chi connectivity index (χ1n) is 6.34. The molecule has 2 aromatic rings. The summed E-state index contributed by atoms with van der Waals surface area (Å²) in [6.45, 7) is 4.37. The Hall–Kier alpha value is -1.91. The van der Waals surface area contributed by atoms with Crippen molar-refractivity contribution in [3.05, 3.63) is 46.8 Å².